The summed E-state index contributed by atoms with van der Waals surface area (Å²) in [7, 11) is 1.42. The van der Waals surface area contributed by atoms with E-state index in [0.717, 1.165) is 4.90 Å². The van der Waals surface area contributed by atoms with Crippen LogP contribution in [0, 0.1) is 11.8 Å². The Balaban J connectivity index is 1.78. The van der Waals surface area contributed by atoms with Gasteiger partial charge in [0.25, 0.3) is 5.91 Å². The van der Waals surface area contributed by atoms with Crippen molar-refractivity contribution in [2.24, 2.45) is 11.8 Å². The van der Waals surface area contributed by atoms with Gasteiger partial charge in [0.05, 0.1) is 18.4 Å². The van der Waals surface area contributed by atoms with Gasteiger partial charge >= 0.3 is 5.97 Å². The molecule has 2 aliphatic rings. The normalized spacial score (nSPS) is 22.1. The Morgan fingerprint density at radius 2 is 1.71 bits per heavy atom. The molecule has 2 atom stereocenters. The highest BCUT2D eigenvalue weighted by molar-refractivity contribution is 6.07. The smallest absolute Gasteiger partial charge is 0.326 e. The fourth-order valence-corrected chi connectivity index (χ4v) is 2.66. The van der Waals surface area contributed by atoms with Crippen LogP contribution in [0.2, 0.25) is 0 Å². The van der Waals surface area contributed by atoms with Crippen LogP contribution in [-0.2, 0) is 28.7 Å². The Labute approximate surface area is 138 Å². The van der Waals surface area contributed by atoms with Crippen molar-refractivity contribution >= 4 is 29.6 Å². The van der Waals surface area contributed by atoms with E-state index >= 15 is 0 Å². The first-order chi connectivity index (χ1) is 11.4. The van der Waals surface area contributed by atoms with Crippen LogP contribution in [0.4, 0.5) is 0 Å². The van der Waals surface area contributed by atoms with Crippen molar-refractivity contribution in [3.63, 3.8) is 0 Å². The van der Waals surface area contributed by atoms with E-state index in [4.69, 9.17) is 4.74 Å². The van der Waals surface area contributed by atoms with Gasteiger partial charge in [-0.2, -0.15) is 0 Å². The predicted octanol–water partition coefficient (Wildman–Crippen LogP) is -1.66. The van der Waals surface area contributed by atoms with Gasteiger partial charge in [0.15, 0.2) is 6.61 Å². The third kappa shape index (κ3) is 3.98. The molecule has 0 bridgehead atoms. The van der Waals surface area contributed by atoms with Gasteiger partial charge in [0.2, 0.25) is 17.7 Å². The van der Waals surface area contributed by atoms with E-state index in [-0.39, 0.29) is 24.3 Å². The third-order valence-corrected chi connectivity index (χ3v) is 3.98. The summed E-state index contributed by atoms with van der Waals surface area (Å²) >= 11 is 0. The van der Waals surface area contributed by atoms with Crippen LogP contribution in [0.5, 0.6) is 0 Å². The highest BCUT2D eigenvalue weighted by Gasteiger charge is 2.47. The average Bonchev–Trinajstić information content (AvgIpc) is 2.83. The van der Waals surface area contributed by atoms with Crippen molar-refractivity contribution in [2.45, 2.75) is 12.8 Å². The zero-order valence-corrected chi connectivity index (χ0v) is 13.2. The molecule has 1 saturated heterocycles. The lowest BCUT2D eigenvalue weighted by Crippen LogP contribution is -2.39. The minimum atomic E-state index is -0.849. The molecule has 1 fully saturated rings. The largest absolute Gasteiger partial charge is 0.454 e. The van der Waals surface area contributed by atoms with E-state index in [9.17, 15) is 24.0 Å². The SMILES string of the molecule is CNC(=O)CNC(=O)COC(=O)CN1C(=O)[C@H]2CC=CC[C@H]2C1=O. The van der Waals surface area contributed by atoms with Crippen molar-refractivity contribution in [3.05, 3.63) is 12.2 Å². The van der Waals surface area contributed by atoms with Crippen LogP contribution in [0.25, 0.3) is 0 Å². The molecule has 0 aromatic rings. The highest BCUT2D eigenvalue weighted by atomic mass is 16.5. The second-order valence-electron chi connectivity index (χ2n) is 5.53. The molecule has 1 aliphatic heterocycles. The van der Waals surface area contributed by atoms with Gasteiger partial charge in [-0.3, -0.25) is 28.9 Å². The topological polar surface area (TPSA) is 122 Å². The van der Waals surface area contributed by atoms with Crippen molar-refractivity contribution in [1.29, 1.82) is 0 Å². The molecule has 2 rings (SSSR count). The number of fused-ring (bicyclic) bond motifs is 1. The standard InChI is InChI=1S/C15H19N3O6/c1-16-11(19)6-17-12(20)8-24-13(21)7-18-14(22)9-4-2-3-5-10(9)15(18)23/h2-3,9-10H,4-8H2,1H3,(H,16,19)(H,17,20)/t9-,10+. The maximum atomic E-state index is 12.2. The number of carbonyl (C=O) groups excluding carboxylic acids is 5. The van der Waals surface area contributed by atoms with E-state index in [0.29, 0.717) is 12.8 Å². The first-order valence-corrected chi connectivity index (χ1v) is 7.57. The minimum Gasteiger partial charge on any atom is -0.454 e. The van der Waals surface area contributed by atoms with E-state index in [1.54, 1.807) is 0 Å². The number of nitrogens with one attached hydrogen (secondary N) is 2. The molecule has 0 radical (unpaired) electrons. The van der Waals surface area contributed by atoms with Crippen LogP contribution in [-0.4, -0.2) is 61.2 Å². The van der Waals surface area contributed by atoms with Gasteiger partial charge in [-0.1, -0.05) is 12.2 Å². The number of esters is 1. The summed E-state index contributed by atoms with van der Waals surface area (Å²) in [6.45, 7) is -1.32. The van der Waals surface area contributed by atoms with Crippen LogP contribution >= 0.6 is 0 Å². The summed E-state index contributed by atoms with van der Waals surface area (Å²) in [5, 5.41) is 4.58. The molecular weight excluding hydrogens is 318 g/mol. The van der Waals surface area contributed by atoms with E-state index in [1.807, 2.05) is 12.2 Å². The first kappa shape index (κ1) is 17.6. The van der Waals surface area contributed by atoms with E-state index in [1.165, 1.54) is 7.05 Å². The van der Waals surface area contributed by atoms with Crippen LogP contribution in [0.15, 0.2) is 12.2 Å². The first-order valence-electron chi connectivity index (χ1n) is 7.57. The molecule has 1 heterocycles. The molecule has 9 heteroatoms. The summed E-state index contributed by atoms with van der Waals surface area (Å²) in [6, 6.07) is 0. The van der Waals surface area contributed by atoms with Gasteiger partial charge in [-0.25, -0.2) is 0 Å². The lowest BCUT2D eigenvalue weighted by molar-refractivity contribution is -0.155. The number of amides is 4. The van der Waals surface area contributed by atoms with E-state index < -0.39 is 36.9 Å². The summed E-state index contributed by atoms with van der Waals surface area (Å²) < 4.78 is 4.74. The molecule has 130 valence electrons. The maximum Gasteiger partial charge on any atom is 0.326 e. The van der Waals surface area contributed by atoms with Crippen molar-refractivity contribution in [3.8, 4) is 0 Å². The molecule has 24 heavy (non-hydrogen) atoms. The fourth-order valence-electron chi connectivity index (χ4n) is 2.66. The van der Waals surface area contributed by atoms with Crippen LogP contribution < -0.4 is 10.6 Å². The van der Waals surface area contributed by atoms with Gasteiger partial charge in [-0.05, 0) is 12.8 Å². The number of likely N-dealkylation sites (N-methyl/N-ethyl adjacent to an activating group) is 1. The number of ether oxygens (including phenoxy) is 1. The zero-order chi connectivity index (χ0) is 17.7. The van der Waals surface area contributed by atoms with Crippen LogP contribution in [0.1, 0.15) is 12.8 Å². The molecule has 0 aromatic carbocycles. The molecule has 1 aliphatic carbocycles. The van der Waals surface area contributed by atoms with Crippen molar-refractivity contribution < 1.29 is 28.7 Å². The number of likely N-dealkylation sites (tertiary alicyclic amines) is 1. The molecule has 4 amide bonds. The zero-order valence-electron chi connectivity index (χ0n) is 13.2. The number of carbonyl (C=O) groups is 5. The van der Waals surface area contributed by atoms with Gasteiger partial charge in [0.1, 0.15) is 6.54 Å². The molecular formula is C15H19N3O6. The monoisotopic (exact) mass is 337 g/mol. The number of hydrogen-bond donors (Lipinski definition) is 2. The molecule has 0 saturated carbocycles. The van der Waals surface area contributed by atoms with E-state index in [2.05, 4.69) is 10.6 Å². The summed E-state index contributed by atoms with van der Waals surface area (Å²) in [6.07, 6.45) is 4.68. The van der Waals surface area contributed by atoms with Gasteiger partial charge in [-0.15, -0.1) is 0 Å². The Morgan fingerprint density at radius 1 is 1.12 bits per heavy atom. The lowest BCUT2D eigenvalue weighted by atomic mass is 9.85. The van der Waals surface area contributed by atoms with Crippen molar-refractivity contribution in [2.75, 3.05) is 26.7 Å². The van der Waals surface area contributed by atoms with Crippen LogP contribution in [0.3, 0.4) is 0 Å². The maximum absolute atomic E-state index is 12.2. The number of imide groups is 1. The molecule has 0 aromatic heterocycles. The number of nitrogens with zero attached hydrogens (tertiary/aromatic N) is 1. The summed E-state index contributed by atoms with van der Waals surface area (Å²) in [5.74, 6) is -3.47. The summed E-state index contributed by atoms with van der Waals surface area (Å²) in [4.78, 5) is 59.4. The predicted molar refractivity (Wildman–Crippen MR) is 80.1 cm³/mol. The third-order valence-electron chi connectivity index (χ3n) is 3.98. The Hall–Kier alpha value is -2.71. The average molecular weight is 337 g/mol. The number of rotatable bonds is 6. The second kappa shape index (κ2) is 7.71. The minimum absolute atomic E-state index is 0.230. The highest BCUT2D eigenvalue weighted by Crippen LogP contribution is 2.34. The summed E-state index contributed by atoms with van der Waals surface area (Å²) in [5.41, 5.74) is 0. The second-order valence-corrected chi connectivity index (χ2v) is 5.53. The van der Waals surface area contributed by atoms with Crippen molar-refractivity contribution in [1.82, 2.24) is 15.5 Å². The van der Waals surface area contributed by atoms with Gasteiger partial charge in [0, 0.05) is 7.05 Å². The molecule has 2 N–H and O–H groups in total. The molecule has 9 nitrogen and oxygen atoms in total. The Kier molecular flexibility index (Phi) is 5.67. The Bertz CT molecular complexity index is 574. The lowest BCUT2D eigenvalue weighted by Gasteiger charge is -2.14. The quantitative estimate of drug-likeness (QED) is 0.340. The fraction of sp³-hybridized carbons (Fsp3) is 0.533. The Morgan fingerprint density at radius 3 is 2.25 bits per heavy atom. The van der Waals surface area contributed by atoms with Gasteiger partial charge < -0.3 is 15.4 Å². The number of hydrogen-bond acceptors (Lipinski definition) is 6. The number of allylic oxidation sites excluding steroid dienone is 2. The molecule has 0 unspecified atom stereocenters. The molecule has 0 spiro atoms.